The van der Waals surface area contributed by atoms with E-state index in [1.807, 2.05) is 0 Å². The Balaban J connectivity index is 1.61. The van der Waals surface area contributed by atoms with Crippen LogP contribution in [0.1, 0.15) is 34.0 Å². The Morgan fingerprint density at radius 2 is 2.08 bits per heavy atom. The van der Waals surface area contributed by atoms with Crippen LogP contribution >= 0.6 is 11.3 Å². The third-order valence-corrected chi connectivity index (χ3v) is 5.61. The number of benzene rings is 1. The largest absolute Gasteiger partial charge is 0.322 e. The van der Waals surface area contributed by atoms with Crippen LogP contribution in [0, 0.1) is 5.82 Å². The van der Waals surface area contributed by atoms with Gasteiger partial charge in [-0.15, -0.1) is 11.3 Å². The number of hydrogen-bond acceptors (Lipinski definition) is 5. The van der Waals surface area contributed by atoms with Crippen LogP contribution < -0.4 is 16.2 Å². The van der Waals surface area contributed by atoms with Crippen LogP contribution in [-0.4, -0.2) is 29.0 Å². The molecule has 1 aromatic carbocycles. The highest BCUT2D eigenvalue weighted by atomic mass is 32.1. The maximum atomic E-state index is 13.6. The summed E-state index contributed by atoms with van der Waals surface area (Å²) in [7, 11) is 0. The van der Waals surface area contributed by atoms with Gasteiger partial charge in [0.25, 0.3) is 5.91 Å². The first-order chi connectivity index (χ1) is 12.6. The number of fused-ring (bicyclic) bond motifs is 1. The molecule has 0 spiro atoms. The predicted molar refractivity (Wildman–Crippen MR) is 99.4 cm³/mol. The van der Waals surface area contributed by atoms with Gasteiger partial charge in [0.15, 0.2) is 5.13 Å². The van der Waals surface area contributed by atoms with Crippen molar-refractivity contribution in [3.8, 4) is 0 Å². The van der Waals surface area contributed by atoms with Crippen LogP contribution in [0.5, 0.6) is 0 Å². The minimum Gasteiger partial charge on any atom is -0.322 e. The molecule has 3 heterocycles. The van der Waals surface area contributed by atoms with Gasteiger partial charge in [0.1, 0.15) is 5.82 Å². The van der Waals surface area contributed by atoms with E-state index in [0.717, 1.165) is 30.8 Å². The number of nitrogens with one attached hydrogen (secondary N) is 3. The molecule has 0 unspecified atom stereocenters. The number of carbonyl (C=O) groups is 1. The number of aromatic amines is 1. The van der Waals surface area contributed by atoms with Crippen molar-refractivity contribution in [3.63, 3.8) is 0 Å². The zero-order valence-corrected chi connectivity index (χ0v) is 14.7. The second-order valence-corrected chi connectivity index (χ2v) is 7.35. The van der Waals surface area contributed by atoms with E-state index < -0.39 is 17.3 Å². The lowest BCUT2D eigenvalue weighted by molar-refractivity contribution is 0.102. The summed E-state index contributed by atoms with van der Waals surface area (Å²) < 4.78 is 13.6. The zero-order valence-electron chi connectivity index (χ0n) is 13.8. The van der Waals surface area contributed by atoms with Crippen molar-refractivity contribution in [2.75, 3.05) is 18.4 Å². The van der Waals surface area contributed by atoms with E-state index in [-0.39, 0.29) is 5.56 Å². The highest BCUT2D eigenvalue weighted by molar-refractivity contribution is 7.15. The van der Waals surface area contributed by atoms with Crippen LogP contribution in [-0.2, 0) is 0 Å². The van der Waals surface area contributed by atoms with Gasteiger partial charge < -0.3 is 10.3 Å². The van der Waals surface area contributed by atoms with Crippen molar-refractivity contribution in [1.29, 1.82) is 0 Å². The summed E-state index contributed by atoms with van der Waals surface area (Å²) in [5, 5.41) is 6.90. The minimum atomic E-state index is -0.474. The van der Waals surface area contributed by atoms with Crippen LogP contribution in [0.25, 0.3) is 10.9 Å². The molecule has 0 saturated carbocycles. The molecule has 6 nitrogen and oxygen atoms in total. The zero-order chi connectivity index (χ0) is 18.1. The monoisotopic (exact) mass is 372 g/mol. The fourth-order valence-corrected chi connectivity index (χ4v) is 4.20. The Labute approximate surface area is 152 Å². The van der Waals surface area contributed by atoms with E-state index in [2.05, 4.69) is 20.6 Å². The second-order valence-electron chi connectivity index (χ2n) is 6.28. The molecule has 3 N–H and O–H groups in total. The van der Waals surface area contributed by atoms with Crippen molar-refractivity contribution in [1.82, 2.24) is 15.3 Å². The number of piperidine rings is 1. The van der Waals surface area contributed by atoms with Crippen LogP contribution in [0.15, 0.2) is 35.3 Å². The van der Waals surface area contributed by atoms with Crippen LogP contribution in [0.2, 0.25) is 0 Å². The Kier molecular flexibility index (Phi) is 4.52. The van der Waals surface area contributed by atoms with Gasteiger partial charge in [0.2, 0.25) is 5.56 Å². The molecule has 0 atom stereocenters. The molecule has 0 aliphatic carbocycles. The first-order valence-electron chi connectivity index (χ1n) is 8.40. The number of anilines is 1. The van der Waals surface area contributed by atoms with E-state index in [9.17, 15) is 14.0 Å². The molecule has 1 fully saturated rings. The third-order valence-electron chi connectivity index (χ3n) is 4.54. The lowest BCUT2D eigenvalue weighted by Crippen LogP contribution is -2.26. The summed E-state index contributed by atoms with van der Waals surface area (Å²) in [6.45, 7) is 1.96. The molecule has 0 radical (unpaired) electrons. The van der Waals surface area contributed by atoms with Crippen molar-refractivity contribution in [3.05, 3.63) is 57.1 Å². The smallest absolute Gasteiger partial charge is 0.258 e. The van der Waals surface area contributed by atoms with E-state index in [4.69, 9.17) is 0 Å². The van der Waals surface area contributed by atoms with Gasteiger partial charge in [-0.25, -0.2) is 9.37 Å². The number of carbonyl (C=O) groups excluding carboxylic acids is 1. The normalized spacial score (nSPS) is 15.3. The van der Waals surface area contributed by atoms with Gasteiger partial charge in [0, 0.05) is 28.0 Å². The summed E-state index contributed by atoms with van der Waals surface area (Å²) >= 11 is 1.44. The average molecular weight is 372 g/mol. The van der Waals surface area contributed by atoms with Crippen molar-refractivity contribution in [2.45, 2.75) is 18.8 Å². The lowest BCUT2D eigenvalue weighted by atomic mass is 9.97. The molecular formula is C18H17FN4O2S. The topological polar surface area (TPSA) is 86.9 Å². The Morgan fingerprint density at radius 1 is 1.27 bits per heavy atom. The fraction of sp³-hybridized carbons (Fsp3) is 0.278. The van der Waals surface area contributed by atoms with Gasteiger partial charge in [0.05, 0.1) is 5.56 Å². The number of H-pyrrole nitrogens is 1. The number of halogens is 1. The molecular weight excluding hydrogens is 355 g/mol. The Hall–Kier alpha value is -2.58. The maximum Gasteiger partial charge on any atom is 0.258 e. The first-order valence-corrected chi connectivity index (χ1v) is 9.22. The van der Waals surface area contributed by atoms with Gasteiger partial charge >= 0.3 is 0 Å². The molecule has 3 aromatic rings. The van der Waals surface area contributed by atoms with Crippen molar-refractivity contribution in [2.24, 2.45) is 0 Å². The highest BCUT2D eigenvalue weighted by Crippen LogP contribution is 2.32. The molecule has 0 bridgehead atoms. The highest BCUT2D eigenvalue weighted by Gasteiger charge is 2.19. The first kappa shape index (κ1) is 16.9. The van der Waals surface area contributed by atoms with Crippen molar-refractivity contribution < 1.29 is 9.18 Å². The van der Waals surface area contributed by atoms with Gasteiger partial charge in [-0.3, -0.25) is 14.9 Å². The van der Waals surface area contributed by atoms with Gasteiger partial charge in [-0.1, -0.05) is 0 Å². The molecule has 134 valence electrons. The molecule has 1 saturated heterocycles. The van der Waals surface area contributed by atoms with Gasteiger partial charge in [-0.2, -0.15) is 0 Å². The van der Waals surface area contributed by atoms with E-state index in [1.165, 1.54) is 35.6 Å². The van der Waals surface area contributed by atoms with E-state index in [1.54, 1.807) is 6.20 Å². The number of aromatic nitrogens is 2. The molecule has 1 aliphatic heterocycles. The minimum absolute atomic E-state index is 0.127. The SMILES string of the molecule is O=C(Nc1ncc(C2CCNCC2)s1)c1cc(=O)[nH]c2ccc(F)cc12. The summed E-state index contributed by atoms with van der Waals surface area (Å²) in [6, 6.07) is 5.11. The number of amides is 1. The maximum absolute atomic E-state index is 13.6. The number of pyridine rings is 1. The number of rotatable bonds is 3. The quantitative estimate of drug-likeness (QED) is 0.660. The molecule has 8 heteroatoms. The second kappa shape index (κ2) is 6.97. The average Bonchev–Trinajstić information content (AvgIpc) is 3.10. The number of hydrogen-bond donors (Lipinski definition) is 3. The number of nitrogens with zero attached hydrogens (tertiary/aromatic N) is 1. The number of thiazole rings is 1. The summed E-state index contributed by atoms with van der Waals surface area (Å²) in [5.74, 6) is -0.493. The van der Waals surface area contributed by atoms with Crippen LogP contribution in [0.3, 0.4) is 0 Å². The summed E-state index contributed by atoms with van der Waals surface area (Å²) in [6.07, 6.45) is 3.90. The van der Waals surface area contributed by atoms with Crippen LogP contribution in [0.4, 0.5) is 9.52 Å². The predicted octanol–water partition coefficient (Wildman–Crippen LogP) is 2.84. The summed E-state index contributed by atoms with van der Waals surface area (Å²) in [4.78, 5) is 32.5. The molecule has 2 aromatic heterocycles. The lowest BCUT2D eigenvalue weighted by Gasteiger charge is -2.20. The van der Waals surface area contributed by atoms with E-state index >= 15 is 0 Å². The standard InChI is InChI=1S/C18H17FN4O2S/c19-11-1-2-14-12(7-11)13(8-16(24)22-14)17(25)23-18-21-9-15(26-18)10-3-5-20-6-4-10/h1-2,7-10,20H,3-6H2,(H,22,24)(H,21,23,25). The summed E-state index contributed by atoms with van der Waals surface area (Å²) in [5.41, 5.74) is 0.129. The Morgan fingerprint density at radius 3 is 2.88 bits per heavy atom. The molecule has 1 amide bonds. The third kappa shape index (κ3) is 3.38. The molecule has 1 aliphatic rings. The molecule has 4 rings (SSSR count). The fourth-order valence-electron chi connectivity index (χ4n) is 3.22. The Bertz CT molecular complexity index is 1020. The molecule has 26 heavy (non-hydrogen) atoms. The van der Waals surface area contributed by atoms with Gasteiger partial charge in [-0.05, 0) is 50.0 Å². The van der Waals surface area contributed by atoms with Crippen molar-refractivity contribution >= 4 is 33.3 Å². The van der Waals surface area contributed by atoms with E-state index in [0.29, 0.717) is 22.0 Å².